The Labute approximate surface area is 263 Å². The molecule has 4 saturated carbocycles. The Kier molecular flexibility index (Phi) is 7.84. The highest BCUT2D eigenvalue weighted by atomic mass is 16.7. The van der Waals surface area contributed by atoms with Gasteiger partial charge in [0, 0.05) is 0 Å². The highest BCUT2D eigenvalue weighted by Crippen LogP contribution is 2.75. The maximum absolute atomic E-state index is 14.4. The van der Waals surface area contributed by atoms with E-state index in [1.54, 1.807) is 0 Å². The topological polar surface area (TPSA) is 137 Å². The third-order valence-corrected chi connectivity index (χ3v) is 15.1. The number of carbonyl (C=O) groups excluding carboxylic acids is 1. The summed E-state index contributed by atoms with van der Waals surface area (Å²) in [6.07, 6.45) is 4.05. The molecule has 44 heavy (non-hydrogen) atoms. The van der Waals surface area contributed by atoms with Gasteiger partial charge in [-0.25, -0.2) is 0 Å². The second-order valence-electron chi connectivity index (χ2n) is 17.8. The largest absolute Gasteiger partial charge is 0.432 e. The van der Waals surface area contributed by atoms with Gasteiger partial charge in [-0.3, -0.25) is 4.79 Å². The Balaban J connectivity index is 1.35. The number of aliphatic hydroxyl groups is 5. The Bertz CT molecular complexity index is 1180. The number of fused-ring (bicyclic) bond motifs is 7. The van der Waals surface area contributed by atoms with Crippen LogP contribution in [0.1, 0.15) is 113 Å². The summed E-state index contributed by atoms with van der Waals surface area (Å²) < 4.78 is 11.6. The molecule has 0 radical (unpaired) electrons. The van der Waals surface area contributed by atoms with Gasteiger partial charge in [-0.2, -0.15) is 0 Å². The van der Waals surface area contributed by atoms with E-state index in [9.17, 15) is 30.3 Å². The lowest BCUT2D eigenvalue weighted by Crippen LogP contribution is -2.65. The zero-order valence-electron chi connectivity index (χ0n) is 28.0. The molecule has 8 heteroatoms. The molecule has 1 saturated heterocycles. The lowest BCUT2D eigenvalue weighted by atomic mass is 9.33. The average molecular weight is 619 g/mol. The van der Waals surface area contributed by atoms with Crippen LogP contribution in [-0.2, 0) is 14.3 Å². The van der Waals surface area contributed by atoms with Crippen LogP contribution in [0, 0.1) is 50.2 Å². The van der Waals surface area contributed by atoms with Crippen molar-refractivity contribution in [1.82, 2.24) is 0 Å². The Morgan fingerprint density at radius 1 is 0.864 bits per heavy atom. The average Bonchev–Trinajstić information content (AvgIpc) is 2.95. The zero-order valence-corrected chi connectivity index (χ0v) is 28.0. The van der Waals surface area contributed by atoms with Crippen LogP contribution in [-0.4, -0.2) is 74.9 Å². The van der Waals surface area contributed by atoms with Crippen molar-refractivity contribution in [3.05, 3.63) is 11.6 Å². The van der Waals surface area contributed by atoms with Crippen molar-refractivity contribution in [3.63, 3.8) is 0 Å². The van der Waals surface area contributed by atoms with Gasteiger partial charge in [0.15, 0.2) is 0 Å². The van der Waals surface area contributed by atoms with Gasteiger partial charge in [0.25, 0.3) is 0 Å². The minimum atomic E-state index is -1.61. The smallest absolute Gasteiger partial charge is 0.315 e. The molecule has 0 aromatic carbocycles. The summed E-state index contributed by atoms with van der Waals surface area (Å²) in [6, 6.07) is 0. The standard InChI is InChI=1S/C36H58O8/c1-31(2)14-16-36(30(42)44-29-28(41)27(40)26(39)22(19-37)43-29)17-15-34(6)20(21(36)18-31)8-9-24-33(5)12-11-25(38)32(3,4)23(33)10-13-35(24,34)7/h8,21-29,37-41H,9-19H2,1-7H3/t21-,22+,23+,24-,25-,26+,27-,28+,29-,33-,34+,35+,36-/m0/s1. The summed E-state index contributed by atoms with van der Waals surface area (Å²) >= 11 is 0. The monoisotopic (exact) mass is 618 g/mol. The number of carbonyl (C=O) groups is 1. The van der Waals surface area contributed by atoms with Crippen LogP contribution in [0.4, 0.5) is 0 Å². The molecule has 0 aromatic heterocycles. The van der Waals surface area contributed by atoms with Crippen molar-refractivity contribution in [3.8, 4) is 0 Å². The Morgan fingerprint density at radius 3 is 2.23 bits per heavy atom. The quantitative estimate of drug-likeness (QED) is 0.231. The molecule has 1 heterocycles. The van der Waals surface area contributed by atoms with Crippen LogP contribution < -0.4 is 0 Å². The van der Waals surface area contributed by atoms with Crippen molar-refractivity contribution >= 4 is 5.97 Å². The fraction of sp³-hybridized carbons (Fsp3) is 0.917. The van der Waals surface area contributed by atoms with E-state index in [0.717, 1.165) is 51.4 Å². The number of ether oxygens (including phenoxy) is 2. The zero-order chi connectivity index (χ0) is 32.3. The molecule has 0 aromatic rings. The third kappa shape index (κ3) is 4.40. The molecule has 0 amide bonds. The van der Waals surface area contributed by atoms with Gasteiger partial charge in [0.05, 0.1) is 18.1 Å². The number of esters is 1. The molecule has 5 fully saturated rings. The molecule has 0 bridgehead atoms. The molecule has 6 aliphatic rings. The highest BCUT2D eigenvalue weighted by Gasteiger charge is 2.69. The minimum absolute atomic E-state index is 0.00434. The third-order valence-electron chi connectivity index (χ3n) is 15.1. The Hall–Kier alpha value is -1.03. The van der Waals surface area contributed by atoms with E-state index < -0.39 is 48.7 Å². The molecule has 13 atom stereocenters. The molecule has 250 valence electrons. The highest BCUT2D eigenvalue weighted by molar-refractivity contribution is 5.79. The van der Waals surface area contributed by atoms with Gasteiger partial charge in [0.1, 0.15) is 24.4 Å². The summed E-state index contributed by atoms with van der Waals surface area (Å²) in [5, 5.41) is 52.0. The van der Waals surface area contributed by atoms with Crippen LogP contribution in [0.5, 0.6) is 0 Å². The lowest BCUT2D eigenvalue weighted by Gasteiger charge is -2.71. The fourth-order valence-electron chi connectivity index (χ4n) is 12.0. The first-order chi connectivity index (χ1) is 20.4. The fourth-order valence-corrected chi connectivity index (χ4v) is 12.0. The van der Waals surface area contributed by atoms with Gasteiger partial charge in [0.2, 0.25) is 6.29 Å². The summed E-state index contributed by atoms with van der Waals surface area (Å²) in [4.78, 5) is 14.4. The van der Waals surface area contributed by atoms with E-state index in [1.165, 1.54) is 5.57 Å². The normalized spacial score (nSPS) is 52.8. The van der Waals surface area contributed by atoms with Gasteiger partial charge < -0.3 is 35.0 Å². The summed E-state index contributed by atoms with van der Waals surface area (Å²) in [6.45, 7) is 16.1. The van der Waals surface area contributed by atoms with E-state index in [2.05, 4.69) is 54.5 Å². The number of hydrogen-bond acceptors (Lipinski definition) is 8. The molecule has 5 aliphatic carbocycles. The molecular weight excluding hydrogens is 560 g/mol. The van der Waals surface area contributed by atoms with E-state index in [-0.39, 0.29) is 39.1 Å². The van der Waals surface area contributed by atoms with Crippen molar-refractivity contribution in [2.45, 2.75) is 149 Å². The van der Waals surface area contributed by atoms with E-state index in [0.29, 0.717) is 24.7 Å². The van der Waals surface area contributed by atoms with Crippen molar-refractivity contribution in [1.29, 1.82) is 0 Å². The Morgan fingerprint density at radius 2 is 1.55 bits per heavy atom. The van der Waals surface area contributed by atoms with Crippen molar-refractivity contribution < 1.29 is 39.8 Å². The summed E-state index contributed by atoms with van der Waals surface area (Å²) in [7, 11) is 0. The van der Waals surface area contributed by atoms with E-state index in [1.807, 2.05) is 0 Å². The molecule has 1 aliphatic heterocycles. The van der Waals surface area contributed by atoms with E-state index >= 15 is 0 Å². The minimum Gasteiger partial charge on any atom is -0.432 e. The second kappa shape index (κ2) is 10.5. The summed E-state index contributed by atoms with van der Waals surface area (Å²) in [5.74, 6) is 0.561. The molecule has 0 unspecified atom stereocenters. The van der Waals surface area contributed by atoms with Gasteiger partial charge in [-0.05, 0) is 109 Å². The van der Waals surface area contributed by atoms with Crippen LogP contribution in [0.25, 0.3) is 0 Å². The van der Waals surface area contributed by atoms with Crippen LogP contribution in [0.2, 0.25) is 0 Å². The predicted molar refractivity (Wildman–Crippen MR) is 165 cm³/mol. The van der Waals surface area contributed by atoms with Gasteiger partial charge in [-0.1, -0.05) is 60.1 Å². The first kappa shape index (κ1) is 32.9. The van der Waals surface area contributed by atoms with Crippen molar-refractivity contribution in [2.75, 3.05) is 6.61 Å². The maximum Gasteiger partial charge on any atom is 0.315 e. The first-order valence-corrected chi connectivity index (χ1v) is 17.3. The van der Waals surface area contributed by atoms with Gasteiger partial charge in [-0.15, -0.1) is 0 Å². The molecule has 0 spiro atoms. The predicted octanol–water partition coefficient (Wildman–Crippen LogP) is 4.49. The lowest BCUT2D eigenvalue weighted by molar-refractivity contribution is -0.297. The number of rotatable bonds is 3. The van der Waals surface area contributed by atoms with Crippen LogP contribution >= 0.6 is 0 Å². The molecule has 6 rings (SSSR count). The first-order valence-electron chi connectivity index (χ1n) is 17.3. The number of allylic oxidation sites excluding steroid dienone is 2. The second-order valence-corrected chi connectivity index (χ2v) is 17.8. The van der Waals surface area contributed by atoms with Gasteiger partial charge >= 0.3 is 5.97 Å². The van der Waals surface area contributed by atoms with Crippen LogP contribution in [0.15, 0.2) is 11.6 Å². The SMILES string of the molecule is CC1(C)CC[C@]2(C(=O)O[C@@H]3O[C@H](CO)[C@@H](O)[C@H](O)[C@H]3O)CC[C@]3(C)C(=CC[C@H]4[C@@]5(C)CC[C@H](O)C(C)(C)[C@H]5CC[C@]43C)[C@@H]2C1. The molecular formula is C36H58O8. The van der Waals surface area contributed by atoms with Crippen molar-refractivity contribution in [2.24, 2.45) is 50.2 Å². The summed E-state index contributed by atoms with van der Waals surface area (Å²) in [5.41, 5.74) is 0.719. The van der Waals surface area contributed by atoms with E-state index in [4.69, 9.17) is 9.47 Å². The maximum atomic E-state index is 14.4. The number of hydrogen-bond donors (Lipinski definition) is 5. The van der Waals surface area contributed by atoms with Crippen LogP contribution in [0.3, 0.4) is 0 Å². The molecule has 8 nitrogen and oxygen atoms in total. The number of aliphatic hydroxyl groups excluding tert-OH is 5. The molecule has 5 N–H and O–H groups in total.